The van der Waals surface area contributed by atoms with Crippen molar-refractivity contribution in [3.63, 3.8) is 0 Å². The zero-order valence-corrected chi connectivity index (χ0v) is 13.1. The van der Waals surface area contributed by atoms with E-state index in [1.165, 1.54) is 11.8 Å². The first-order valence-corrected chi connectivity index (χ1v) is 7.84. The molecule has 1 rings (SSSR count). The largest absolute Gasteiger partial charge is 0.465 e. The molecule has 0 aromatic heterocycles. The summed E-state index contributed by atoms with van der Waals surface area (Å²) < 4.78 is 4.78. The Morgan fingerprint density at radius 2 is 1.95 bits per heavy atom. The average Bonchev–Trinajstić information content (AvgIpc) is 2.39. The van der Waals surface area contributed by atoms with Gasteiger partial charge in [-0.3, -0.25) is 9.59 Å². The lowest BCUT2D eigenvalue weighted by Gasteiger charge is -2.14. The van der Waals surface area contributed by atoms with Crippen molar-refractivity contribution in [2.24, 2.45) is 0 Å². The van der Waals surface area contributed by atoms with E-state index in [0.717, 1.165) is 5.56 Å². The van der Waals surface area contributed by atoms with E-state index in [1.807, 2.05) is 19.1 Å². The van der Waals surface area contributed by atoms with Crippen LogP contribution in [0.15, 0.2) is 24.3 Å². The van der Waals surface area contributed by atoms with Crippen LogP contribution >= 0.6 is 23.4 Å². The van der Waals surface area contributed by atoms with Gasteiger partial charge >= 0.3 is 5.97 Å². The van der Waals surface area contributed by atoms with Crippen molar-refractivity contribution >= 4 is 35.2 Å². The highest BCUT2D eigenvalue weighted by Crippen LogP contribution is 2.16. The molecule has 0 spiro atoms. The standard InChI is InChI=1S/C14H18ClNO3S/c1-3-19-14(18)9-20-8-13(17)16-10(2)11-4-6-12(15)7-5-11/h4-7,10H,3,8-9H2,1-2H3,(H,16,17). The summed E-state index contributed by atoms with van der Waals surface area (Å²) >= 11 is 7.05. The molecule has 1 N–H and O–H groups in total. The second kappa shape index (κ2) is 8.87. The zero-order chi connectivity index (χ0) is 15.0. The fraction of sp³-hybridized carbons (Fsp3) is 0.429. The maximum atomic E-state index is 11.7. The summed E-state index contributed by atoms with van der Waals surface area (Å²) in [5.41, 5.74) is 0.984. The molecule has 0 saturated carbocycles. The number of hydrogen-bond donors (Lipinski definition) is 1. The first kappa shape index (κ1) is 16.9. The summed E-state index contributed by atoms with van der Waals surface area (Å²) in [6.45, 7) is 4.01. The molecule has 0 radical (unpaired) electrons. The third-order valence-electron chi connectivity index (χ3n) is 2.51. The monoisotopic (exact) mass is 315 g/mol. The van der Waals surface area contributed by atoms with Crippen molar-refractivity contribution in [1.29, 1.82) is 0 Å². The molecule has 0 heterocycles. The molecular formula is C14H18ClNO3S. The fourth-order valence-electron chi connectivity index (χ4n) is 1.55. The Morgan fingerprint density at radius 3 is 2.55 bits per heavy atom. The highest BCUT2D eigenvalue weighted by Gasteiger charge is 2.10. The van der Waals surface area contributed by atoms with Gasteiger partial charge in [0.05, 0.1) is 24.2 Å². The van der Waals surface area contributed by atoms with Crippen LogP contribution in [0.5, 0.6) is 0 Å². The molecule has 6 heteroatoms. The predicted octanol–water partition coefficient (Wildman–Crippen LogP) is 2.81. The number of thioether (sulfide) groups is 1. The maximum absolute atomic E-state index is 11.7. The minimum absolute atomic E-state index is 0.0945. The van der Waals surface area contributed by atoms with E-state index in [2.05, 4.69) is 5.32 Å². The molecule has 0 fully saturated rings. The molecule has 0 aliphatic rings. The molecule has 20 heavy (non-hydrogen) atoms. The number of benzene rings is 1. The van der Waals surface area contributed by atoms with Gasteiger partial charge in [-0.05, 0) is 31.5 Å². The molecule has 0 aliphatic carbocycles. The Labute approximate surface area is 128 Å². The van der Waals surface area contributed by atoms with Crippen LogP contribution in [0.1, 0.15) is 25.5 Å². The first-order valence-electron chi connectivity index (χ1n) is 6.31. The second-order valence-electron chi connectivity index (χ2n) is 4.14. The summed E-state index contributed by atoms with van der Waals surface area (Å²) in [6.07, 6.45) is 0. The topological polar surface area (TPSA) is 55.4 Å². The molecule has 1 aromatic rings. The molecule has 0 aliphatic heterocycles. The highest BCUT2D eigenvalue weighted by atomic mass is 35.5. The number of amides is 1. The number of nitrogens with one attached hydrogen (secondary N) is 1. The maximum Gasteiger partial charge on any atom is 0.315 e. The van der Waals surface area contributed by atoms with Gasteiger partial charge in [0.2, 0.25) is 5.91 Å². The zero-order valence-electron chi connectivity index (χ0n) is 11.5. The number of carbonyl (C=O) groups excluding carboxylic acids is 2. The third-order valence-corrected chi connectivity index (χ3v) is 3.66. The Morgan fingerprint density at radius 1 is 1.30 bits per heavy atom. The van der Waals surface area contributed by atoms with Crippen molar-refractivity contribution in [1.82, 2.24) is 5.32 Å². The number of rotatable bonds is 7. The van der Waals surface area contributed by atoms with Crippen LogP contribution in [0.25, 0.3) is 0 Å². The highest BCUT2D eigenvalue weighted by molar-refractivity contribution is 8.00. The smallest absolute Gasteiger partial charge is 0.315 e. The van der Waals surface area contributed by atoms with Gasteiger partial charge in [0.15, 0.2) is 0 Å². The molecule has 1 atom stereocenters. The van der Waals surface area contributed by atoms with Crippen molar-refractivity contribution < 1.29 is 14.3 Å². The minimum Gasteiger partial charge on any atom is -0.465 e. The quantitative estimate of drug-likeness (QED) is 0.786. The van der Waals surface area contributed by atoms with Gasteiger partial charge in [-0.1, -0.05) is 23.7 Å². The fourth-order valence-corrected chi connectivity index (χ4v) is 2.29. The number of halogens is 1. The van der Waals surface area contributed by atoms with E-state index >= 15 is 0 Å². The molecule has 4 nitrogen and oxygen atoms in total. The molecule has 110 valence electrons. The summed E-state index contributed by atoms with van der Waals surface area (Å²) in [5, 5.41) is 3.53. The number of hydrogen-bond acceptors (Lipinski definition) is 4. The Balaban J connectivity index is 2.31. The van der Waals surface area contributed by atoms with Crippen molar-refractivity contribution in [3.05, 3.63) is 34.9 Å². The number of ether oxygens (including phenoxy) is 1. The minimum atomic E-state index is -0.295. The van der Waals surface area contributed by atoms with Crippen LogP contribution < -0.4 is 5.32 Å². The van der Waals surface area contributed by atoms with Crippen LogP contribution in [0.2, 0.25) is 5.02 Å². The molecule has 1 unspecified atom stereocenters. The lowest BCUT2D eigenvalue weighted by atomic mass is 10.1. The molecule has 1 amide bonds. The van der Waals surface area contributed by atoms with E-state index in [4.69, 9.17) is 16.3 Å². The lowest BCUT2D eigenvalue weighted by Crippen LogP contribution is -2.28. The molecular weight excluding hydrogens is 298 g/mol. The van der Waals surface area contributed by atoms with E-state index < -0.39 is 0 Å². The van der Waals surface area contributed by atoms with Crippen LogP contribution in [0.4, 0.5) is 0 Å². The summed E-state index contributed by atoms with van der Waals surface area (Å²) in [7, 11) is 0. The second-order valence-corrected chi connectivity index (χ2v) is 5.56. The Kier molecular flexibility index (Phi) is 7.47. The van der Waals surface area contributed by atoms with Crippen LogP contribution in [-0.4, -0.2) is 30.0 Å². The SMILES string of the molecule is CCOC(=O)CSCC(=O)NC(C)c1ccc(Cl)cc1. The van der Waals surface area contributed by atoms with Crippen LogP contribution in [0.3, 0.4) is 0 Å². The van der Waals surface area contributed by atoms with Gasteiger partial charge < -0.3 is 10.1 Å². The Bertz CT molecular complexity index is 450. The number of esters is 1. The molecule has 0 bridgehead atoms. The summed E-state index contributed by atoms with van der Waals surface area (Å²) in [6, 6.07) is 7.23. The van der Waals surface area contributed by atoms with Gasteiger partial charge in [0.25, 0.3) is 0 Å². The van der Waals surface area contributed by atoms with E-state index in [0.29, 0.717) is 11.6 Å². The Hall–Kier alpha value is -1.20. The average molecular weight is 316 g/mol. The predicted molar refractivity (Wildman–Crippen MR) is 82.0 cm³/mol. The molecule has 0 saturated heterocycles. The van der Waals surface area contributed by atoms with Gasteiger partial charge in [-0.25, -0.2) is 0 Å². The van der Waals surface area contributed by atoms with E-state index in [1.54, 1.807) is 19.1 Å². The van der Waals surface area contributed by atoms with Gasteiger partial charge in [0, 0.05) is 5.02 Å². The van der Waals surface area contributed by atoms with Crippen molar-refractivity contribution in [2.45, 2.75) is 19.9 Å². The van der Waals surface area contributed by atoms with Gasteiger partial charge in [-0.2, -0.15) is 0 Å². The lowest BCUT2D eigenvalue weighted by molar-refractivity contribution is -0.139. The van der Waals surface area contributed by atoms with E-state index in [9.17, 15) is 9.59 Å². The first-order chi connectivity index (χ1) is 9.52. The third kappa shape index (κ3) is 6.30. The normalized spacial score (nSPS) is 11.8. The van der Waals surface area contributed by atoms with Crippen molar-refractivity contribution in [3.8, 4) is 0 Å². The van der Waals surface area contributed by atoms with Crippen LogP contribution in [-0.2, 0) is 14.3 Å². The van der Waals surface area contributed by atoms with Crippen LogP contribution in [0, 0.1) is 0 Å². The molecule has 1 aromatic carbocycles. The number of carbonyl (C=O) groups is 2. The van der Waals surface area contributed by atoms with E-state index in [-0.39, 0.29) is 29.4 Å². The van der Waals surface area contributed by atoms with Gasteiger partial charge in [-0.15, -0.1) is 11.8 Å². The van der Waals surface area contributed by atoms with Crippen molar-refractivity contribution in [2.75, 3.05) is 18.1 Å². The summed E-state index contributed by atoms with van der Waals surface area (Å²) in [4.78, 5) is 22.8. The summed E-state index contributed by atoms with van der Waals surface area (Å²) in [5.74, 6) is 0.0191. The van der Waals surface area contributed by atoms with Gasteiger partial charge in [0.1, 0.15) is 0 Å².